The van der Waals surface area contributed by atoms with E-state index in [1.807, 2.05) is 80.0 Å². The quantitative estimate of drug-likeness (QED) is 0.0652. The van der Waals surface area contributed by atoms with Gasteiger partial charge in [-0.1, -0.05) is 72.9 Å². The van der Waals surface area contributed by atoms with Gasteiger partial charge in [0, 0.05) is 72.2 Å². The lowest BCUT2D eigenvalue weighted by atomic mass is 9.82. The summed E-state index contributed by atoms with van der Waals surface area (Å²) >= 11 is 0. The van der Waals surface area contributed by atoms with Crippen molar-refractivity contribution in [1.82, 2.24) is 20.0 Å². The zero-order valence-electron chi connectivity index (χ0n) is 33.4. The fourth-order valence-electron chi connectivity index (χ4n) is 9.36. The predicted octanol–water partition coefficient (Wildman–Crippen LogP) is 6.25. The third kappa shape index (κ3) is 7.30. The number of nitro benzene ring substituents is 1. The molecule has 14 nitrogen and oxygen atoms in total. The summed E-state index contributed by atoms with van der Waals surface area (Å²) in [5.41, 5.74) is 3.16. The minimum Gasteiger partial charge on any atom is -0.497 e. The van der Waals surface area contributed by atoms with E-state index in [1.54, 1.807) is 22.8 Å². The van der Waals surface area contributed by atoms with E-state index in [2.05, 4.69) is 45.8 Å². The predicted molar refractivity (Wildman–Crippen MR) is 226 cm³/mol. The van der Waals surface area contributed by atoms with Crippen molar-refractivity contribution in [2.45, 2.75) is 69.6 Å². The average Bonchev–Trinajstić information content (AvgIpc) is 3.99. The second kappa shape index (κ2) is 15.9. The van der Waals surface area contributed by atoms with Crippen LogP contribution in [0.3, 0.4) is 0 Å². The number of aromatic amines is 1. The number of rotatable bonds is 14. The van der Waals surface area contributed by atoms with Gasteiger partial charge in [0.2, 0.25) is 5.91 Å². The van der Waals surface area contributed by atoms with Crippen molar-refractivity contribution in [3.63, 3.8) is 0 Å². The molecule has 1 saturated heterocycles. The van der Waals surface area contributed by atoms with Crippen LogP contribution in [0.15, 0.2) is 103 Å². The second-order valence-electron chi connectivity index (χ2n) is 16.0. The Balaban J connectivity index is 1.12. The largest absolute Gasteiger partial charge is 0.497 e. The van der Waals surface area contributed by atoms with Crippen molar-refractivity contribution in [1.29, 1.82) is 0 Å². The van der Waals surface area contributed by atoms with E-state index in [-0.39, 0.29) is 48.5 Å². The second-order valence-corrected chi connectivity index (χ2v) is 20.7. The number of carbonyl (C=O) groups is 2. The number of nitro groups is 1. The van der Waals surface area contributed by atoms with Crippen LogP contribution >= 0.6 is 0 Å². The molecule has 2 aromatic heterocycles. The van der Waals surface area contributed by atoms with E-state index in [0.717, 1.165) is 33.0 Å². The van der Waals surface area contributed by atoms with E-state index in [9.17, 15) is 20.0 Å². The van der Waals surface area contributed by atoms with Gasteiger partial charge in [-0.2, -0.15) is 0 Å². The number of hydrogen-bond donors (Lipinski definition) is 3. The number of aromatic nitrogens is 4. The van der Waals surface area contributed by atoms with Crippen LogP contribution in [0.25, 0.3) is 10.9 Å². The molecular weight excluding hydrogens is 767 g/mol. The third-order valence-corrected chi connectivity index (χ3v) is 16.6. The first-order chi connectivity index (χ1) is 28.4. The lowest BCUT2D eigenvalue weighted by Gasteiger charge is -2.37. The van der Waals surface area contributed by atoms with Gasteiger partial charge in [0.05, 0.1) is 50.6 Å². The highest BCUT2D eigenvalue weighted by Crippen LogP contribution is 2.60. The van der Waals surface area contributed by atoms with Crippen LogP contribution in [0.1, 0.15) is 35.7 Å². The number of aryl methyl sites for hydroxylation is 1. The number of aliphatic hydroxyl groups is 1. The topological polar surface area (TPSA) is 178 Å². The Kier molecular flexibility index (Phi) is 10.7. The average molecular weight is 814 g/mol. The Morgan fingerprint density at radius 2 is 1.88 bits per heavy atom. The highest BCUT2D eigenvalue weighted by atomic mass is 28.3. The standard InChI is InChI=1S/C44H47N7O7Si/c1-28-42(59(3,4)35-15-13-34(57-2)14-16-35)40(18-20-49-27-32(19-21-52)47-48-49)58-44(28)37-24-33(51(55)56)12-17-39(37)50(43(44)54)26-29-8-7-9-31(22-29)46-41(53)23-30-25-45-38-11-6-5-10-36(30)38/h5-17,22,24-25,27-28,40,42,45,52H,18-21,23,26H2,1-4H3,(H,46,53)/t28-,40+,42-,44+/m0/s1. The Hall–Kier alpha value is -6.16. The van der Waals surface area contributed by atoms with Gasteiger partial charge in [-0.25, -0.2) is 0 Å². The van der Waals surface area contributed by atoms with Crippen LogP contribution in [0.5, 0.6) is 5.75 Å². The van der Waals surface area contributed by atoms with E-state index < -0.39 is 24.7 Å². The van der Waals surface area contributed by atoms with Crippen molar-refractivity contribution in [3.8, 4) is 5.75 Å². The van der Waals surface area contributed by atoms with Gasteiger partial charge in [0.1, 0.15) is 5.75 Å². The SMILES string of the molecule is COc1ccc([Si](C)(C)[C@@H]2[C@@H](CCn3cc(CCO)nn3)O[C@]3(C(=O)N(Cc4cccc(NC(=O)Cc5c[nH]c6ccccc56)c4)c4ccc([N+](=O)[O-])cc43)[C@H]2C)cc1. The van der Waals surface area contributed by atoms with Crippen LogP contribution in [-0.4, -0.2) is 69.7 Å². The zero-order chi connectivity index (χ0) is 41.5. The summed E-state index contributed by atoms with van der Waals surface area (Å²) in [6, 6.07) is 27.9. The van der Waals surface area contributed by atoms with Crippen LogP contribution in [0, 0.1) is 16.0 Å². The van der Waals surface area contributed by atoms with Gasteiger partial charge in [-0.15, -0.1) is 5.10 Å². The van der Waals surface area contributed by atoms with Crippen molar-refractivity contribution in [3.05, 3.63) is 136 Å². The zero-order valence-corrected chi connectivity index (χ0v) is 34.4. The minimum absolute atomic E-state index is 0.0386. The van der Waals surface area contributed by atoms with Crippen molar-refractivity contribution in [2.75, 3.05) is 23.9 Å². The Bertz CT molecular complexity index is 2540. The molecule has 4 aromatic carbocycles. The monoisotopic (exact) mass is 813 g/mol. The molecule has 8 rings (SSSR count). The number of para-hydroxylation sites is 1. The lowest BCUT2D eigenvalue weighted by molar-refractivity contribution is -0.385. The molecule has 0 aliphatic carbocycles. The number of methoxy groups -OCH3 is 1. The first kappa shape index (κ1) is 39.7. The molecular formula is C44H47N7O7Si. The van der Waals surface area contributed by atoms with Crippen LogP contribution in [0.2, 0.25) is 18.6 Å². The number of fused-ring (bicyclic) bond motifs is 3. The maximum atomic E-state index is 15.3. The summed E-state index contributed by atoms with van der Waals surface area (Å²) in [7, 11) is -0.866. The van der Waals surface area contributed by atoms with Gasteiger partial charge < -0.3 is 29.8 Å². The third-order valence-electron chi connectivity index (χ3n) is 12.2. The van der Waals surface area contributed by atoms with Crippen LogP contribution in [0.4, 0.5) is 17.1 Å². The summed E-state index contributed by atoms with van der Waals surface area (Å²) in [6.45, 7) is 7.17. The molecule has 3 N–H and O–H groups in total. The number of non-ortho nitro benzene ring substituents is 1. The molecule has 0 bridgehead atoms. The Morgan fingerprint density at radius 1 is 1.08 bits per heavy atom. The van der Waals surface area contributed by atoms with Crippen LogP contribution in [-0.2, 0) is 45.9 Å². The number of aliphatic hydroxyl groups excluding tert-OH is 1. The summed E-state index contributed by atoms with van der Waals surface area (Å²) in [6.07, 6.45) is 4.31. The maximum Gasteiger partial charge on any atom is 0.269 e. The molecule has 4 heterocycles. The lowest BCUT2D eigenvalue weighted by Crippen LogP contribution is -2.51. The molecule has 4 atom stereocenters. The van der Waals surface area contributed by atoms with Crippen molar-refractivity contribution in [2.24, 2.45) is 5.92 Å². The number of carbonyl (C=O) groups excluding carboxylic acids is 2. The normalized spacial score (nSPS) is 20.1. The Labute approximate surface area is 342 Å². The summed E-state index contributed by atoms with van der Waals surface area (Å²) in [5, 5.41) is 35.4. The molecule has 2 aliphatic rings. The van der Waals surface area contributed by atoms with E-state index in [1.165, 1.54) is 12.1 Å². The molecule has 6 aromatic rings. The highest BCUT2D eigenvalue weighted by Gasteiger charge is 2.66. The molecule has 1 spiro atoms. The van der Waals surface area contributed by atoms with Gasteiger partial charge in [-0.05, 0) is 59.5 Å². The van der Waals surface area contributed by atoms with E-state index >= 15 is 4.79 Å². The maximum absolute atomic E-state index is 15.3. The first-order valence-electron chi connectivity index (χ1n) is 19.8. The van der Waals surface area contributed by atoms with Gasteiger partial charge in [0.15, 0.2) is 5.60 Å². The molecule has 59 heavy (non-hydrogen) atoms. The fourth-order valence-corrected chi connectivity index (χ4v) is 13.4. The molecule has 0 saturated carbocycles. The molecule has 2 amide bonds. The summed E-state index contributed by atoms with van der Waals surface area (Å²) in [5.74, 6) is -0.101. The van der Waals surface area contributed by atoms with E-state index in [4.69, 9.17) is 9.47 Å². The first-order valence-corrected chi connectivity index (χ1v) is 22.9. The fraction of sp³-hybridized carbons (Fsp3) is 0.318. The summed E-state index contributed by atoms with van der Waals surface area (Å²) in [4.78, 5) is 45.3. The smallest absolute Gasteiger partial charge is 0.269 e. The van der Waals surface area contributed by atoms with Gasteiger partial charge in [0.25, 0.3) is 11.6 Å². The van der Waals surface area contributed by atoms with Crippen molar-refractivity contribution < 1.29 is 29.1 Å². The minimum atomic E-state index is -2.50. The number of amides is 2. The number of hydrogen-bond acceptors (Lipinski definition) is 9. The molecule has 1 fully saturated rings. The molecule has 0 unspecified atom stereocenters. The molecule has 0 radical (unpaired) electrons. The Morgan fingerprint density at radius 3 is 2.64 bits per heavy atom. The number of H-pyrrole nitrogens is 1. The number of nitrogens with one attached hydrogen (secondary N) is 2. The van der Waals surface area contributed by atoms with Crippen LogP contribution < -0.4 is 20.1 Å². The number of benzene rings is 4. The molecule has 2 aliphatic heterocycles. The number of anilines is 2. The number of ether oxygens (including phenoxy) is 2. The van der Waals surface area contributed by atoms with Gasteiger partial charge in [-0.3, -0.25) is 24.4 Å². The molecule has 15 heteroatoms. The van der Waals surface area contributed by atoms with E-state index in [0.29, 0.717) is 42.0 Å². The van der Waals surface area contributed by atoms with Crippen molar-refractivity contribution >= 4 is 53.0 Å². The van der Waals surface area contributed by atoms with Gasteiger partial charge >= 0.3 is 0 Å². The molecule has 304 valence electrons. The highest BCUT2D eigenvalue weighted by molar-refractivity contribution is 6.91. The number of nitrogens with zero attached hydrogens (tertiary/aromatic N) is 5. The summed E-state index contributed by atoms with van der Waals surface area (Å²) < 4.78 is 14.4.